The summed E-state index contributed by atoms with van der Waals surface area (Å²) in [5, 5.41) is 6.12. The van der Waals surface area contributed by atoms with Crippen molar-refractivity contribution in [2.24, 2.45) is 0 Å². The minimum Gasteiger partial charge on any atom is -0.399 e. The standard InChI is InChI=1S/C22H18N6O/c23-17-6-4-16(5-7-17)22(29)28-19-3-1-2-18(12-19)27-21-13-20(25-14-26-21)15-8-10-24-11-9-15/h1-14H,23H2,(H,28,29)(H,25,26,27). The first-order chi connectivity index (χ1) is 14.2. The summed E-state index contributed by atoms with van der Waals surface area (Å²) in [5.74, 6) is 0.443. The number of pyridine rings is 1. The lowest BCUT2D eigenvalue weighted by atomic mass is 10.2. The third-order valence-corrected chi connectivity index (χ3v) is 4.21. The van der Waals surface area contributed by atoms with Crippen molar-refractivity contribution in [3.8, 4) is 11.3 Å². The average Bonchev–Trinajstić information content (AvgIpc) is 2.75. The number of nitrogens with one attached hydrogen (secondary N) is 2. The molecule has 4 aromatic rings. The summed E-state index contributed by atoms with van der Waals surface area (Å²) < 4.78 is 0. The number of nitrogen functional groups attached to an aromatic ring is 1. The monoisotopic (exact) mass is 382 g/mol. The molecule has 29 heavy (non-hydrogen) atoms. The quantitative estimate of drug-likeness (QED) is 0.449. The molecule has 0 spiro atoms. The lowest BCUT2D eigenvalue weighted by Gasteiger charge is -2.10. The Morgan fingerprint density at radius 1 is 0.862 bits per heavy atom. The fourth-order valence-corrected chi connectivity index (χ4v) is 2.77. The van der Waals surface area contributed by atoms with Crippen LogP contribution in [0.5, 0.6) is 0 Å². The molecule has 0 saturated carbocycles. The van der Waals surface area contributed by atoms with E-state index in [2.05, 4.69) is 25.6 Å². The van der Waals surface area contributed by atoms with Gasteiger partial charge in [-0.3, -0.25) is 9.78 Å². The highest BCUT2D eigenvalue weighted by molar-refractivity contribution is 6.04. The van der Waals surface area contributed by atoms with Crippen molar-refractivity contribution in [3.63, 3.8) is 0 Å². The number of carbonyl (C=O) groups is 1. The van der Waals surface area contributed by atoms with E-state index >= 15 is 0 Å². The van der Waals surface area contributed by atoms with Gasteiger partial charge in [0.05, 0.1) is 5.69 Å². The summed E-state index contributed by atoms with van der Waals surface area (Å²) in [7, 11) is 0. The Morgan fingerprint density at radius 3 is 2.41 bits per heavy atom. The van der Waals surface area contributed by atoms with Crippen molar-refractivity contribution in [1.29, 1.82) is 0 Å². The normalized spacial score (nSPS) is 10.3. The van der Waals surface area contributed by atoms with Crippen LogP contribution in [0.4, 0.5) is 22.9 Å². The van der Waals surface area contributed by atoms with E-state index in [1.165, 1.54) is 6.33 Å². The maximum absolute atomic E-state index is 12.4. The Hall–Kier alpha value is -4.26. The second-order valence-corrected chi connectivity index (χ2v) is 6.31. The maximum atomic E-state index is 12.4. The number of aromatic nitrogens is 3. The Kier molecular flexibility index (Phi) is 5.11. The molecule has 0 radical (unpaired) electrons. The van der Waals surface area contributed by atoms with Gasteiger partial charge in [-0.05, 0) is 54.6 Å². The molecule has 0 saturated heterocycles. The van der Waals surface area contributed by atoms with Crippen LogP contribution in [0.1, 0.15) is 10.4 Å². The average molecular weight is 382 g/mol. The van der Waals surface area contributed by atoms with Gasteiger partial charge in [-0.15, -0.1) is 0 Å². The first-order valence-corrected chi connectivity index (χ1v) is 8.94. The molecule has 2 aromatic carbocycles. The van der Waals surface area contributed by atoms with Crippen LogP contribution in [0.2, 0.25) is 0 Å². The van der Waals surface area contributed by atoms with E-state index in [1.54, 1.807) is 36.7 Å². The minimum atomic E-state index is -0.204. The molecule has 1 amide bonds. The molecule has 2 aromatic heterocycles. The second kappa shape index (κ2) is 8.18. The second-order valence-electron chi connectivity index (χ2n) is 6.31. The lowest BCUT2D eigenvalue weighted by molar-refractivity contribution is 0.102. The van der Waals surface area contributed by atoms with Crippen LogP contribution in [0.25, 0.3) is 11.3 Å². The zero-order valence-electron chi connectivity index (χ0n) is 15.4. The number of carbonyl (C=O) groups excluding carboxylic acids is 1. The third-order valence-electron chi connectivity index (χ3n) is 4.21. The van der Waals surface area contributed by atoms with Crippen molar-refractivity contribution < 1.29 is 4.79 Å². The highest BCUT2D eigenvalue weighted by Gasteiger charge is 2.07. The fourth-order valence-electron chi connectivity index (χ4n) is 2.77. The highest BCUT2D eigenvalue weighted by Crippen LogP contribution is 2.22. The number of anilines is 4. The molecule has 0 unspecified atom stereocenters. The van der Waals surface area contributed by atoms with Crippen LogP contribution in [0.3, 0.4) is 0 Å². The van der Waals surface area contributed by atoms with E-state index < -0.39 is 0 Å². The largest absolute Gasteiger partial charge is 0.399 e. The van der Waals surface area contributed by atoms with E-state index in [0.29, 0.717) is 22.8 Å². The zero-order chi connectivity index (χ0) is 20.1. The van der Waals surface area contributed by atoms with Gasteiger partial charge in [-0.1, -0.05) is 6.07 Å². The molecule has 0 bridgehead atoms. The predicted molar refractivity (Wildman–Crippen MR) is 114 cm³/mol. The van der Waals surface area contributed by atoms with Gasteiger partial charge in [0.25, 0.3) is 5.91 Å². The van der Waals surface area contributed by atoms with Crippen LogP contribution in [0.15, 0.2) is 85.5 Å². The first kappa shape index (κ1) is 18.1. The van der Waals surface area contributed by atoms with Gasteiger partial charge in [0, 0.05) is 46.6 Å². The van der Waals surface area contributed by atoms with Crippen LogP contribution in [-0.4, -0.2) is 20.9 Å². The Morgan fingerprint density at radius 2 is 1.62 bits per heavy atom. The number of nitrogens with zero attached hydrogens (tertiary/aromatic N) is 3. The van der Waals surface area contributed by atoms with Gasteiger partial charge < -0.3 is 16.4 Å². The fraction of sp³-hybridized carbons (Fsp3) is 0. The van der Waals surface area contributed by atoms with Gasteiger partial charge in [-0.25, -0.2) is 9.97 Å². The molecule has 0 atom stereocenters. The van der Waals surface area contributed by atoms with Gasteiger partial charge in [0.2, 0.25) is 0 Å². The maximum Gasteiger partial charge on any atom is 0.255 e. The van der Waals surface area contributed by atoms with E-state index in [1.807, 2.05) is 42.5 Å². The molecule has 0 fully saturated rings. The molecule has 7 nitrogen and oxygen atoms in total. The first-order valence-electron chi connectivity index (χ1n) is 8.94. The SMILES string of the molecule is Nc1ccc(C(=O)Nc2cccc(Nc3cc(-c4ccncc4)ncn3)c2)cc1. The number of hydrogen-bond donors (Lipinski definition) is 3. The van der Waals surface area contributed by atoms with Crippen LogP contribution >= 0.6 is 0 Å². The predicted octanol–water partition coefficient (Wildman–Crippen LogP) is 4.12. The Balaban J connectivity index is 1.49. The number of amides is 1. The van der Waals surface area contributed by atoms with Crippen molar-refractivity contribution in [2.75, 3.05) is 16.4 Å². The Bertz CT molecular complexity index is 1130. The van der Waals surface area contributed by atoms with Crippen molar-refractivity contribution in [2.45, 2.75) is 0 Å². The minimum absolute atomic E-state index is 0.204. The Labute approximate surface area is 167 Å². The molecular formula is C22H18N6O. The molecular weight excluding hydrogens is 364 g/mol. The molecule has 7 heteroatoms. The van der Waals surface area contributed by atoms with E-state index in [4.69, 9.17) is 5.73 Å². The summed E-state index contributed by atoms with van der Waals surface area (Å²) in [4.78, 5) is 25.0. The van der Waals surface area contributed by atoms with Crippen molar-refractivity contribution in [1.82, 2.24) is 15.0 Å². The molecule has 0 aliphatic rings. The topological polar surface area (TPSA) is 106 Å². The molecule has 2 heterocycles. The van der Waals surface area contributed by atoms with Crippen LogP contribution < -0.4 is 16.4 Å². The summed E-state index contributed by atoms with van der Waals surface area (Å²) in [6, 6.07) is 19.8. The molecule has 0 aliphatic heterocycles. The number of rotatable bonds is 5. The van der Waals surface area contributed by atoms with E-state index in [-0.39, 0.29) is 5.91 Å². The van der Waals surface area contributed by atoms with Gasteiger partial charge in [-0.2, -0.15) is 0 Å². The summed E-state index contributed by atoms with van der Waals surface area (Å²) in [6.45, 7) is 0. The molecule has 4 rings (SSSR count). The van der Waals surface area contributed by atoms with Crippen LogP contribution in [0, 0.1) is 0 Å². The highest BCUT2D eigenvalue weighted by atomic mass is 16.1. The number of benzene rings is 2. The van der Waals surface area contributed by atoms with E-state index in [0.717, 1.165) is 16.9 Å². The van der Waals surface area contributed by atoms with Gasteiger partial charge in [0.15, 0.2) is 0 Å². The number of nitrogens with two attached hydrogens (primary N) is 1. The summed E-state index contributed by atoms with van der Waals surface area (Å²) in [5.41, 5.74) is 10.0. The zero-order valence-corrected chi connectivity index (χ0v) is 15.4. The third kappa shape index (κ3) is 4.54. The molecule has 142 valence electrons. The number of hydrogen-bond acceptors (Lipinski definition) is 6. The molecule has 0 aliphatic carbocycles. The smallest absolute Gasteiger partial charge is 0.255 e. The lowest BCUT2D eigenvalue weighted by Crippen LogP contribution is -2.11. The summed E-state index contributed by atoms with van der Waals surface area (Å²) >= 11 is 0. The van der Waals surface area contributed by atoms with Gasteiger partial charge in [0.1, 0.15) is 12.1 Å². The molecule has 4 N–H and O–H groups in total. The van der Waals surface area contributed by atoms with Gasteiger partial charge >= 0.3 is 0 Å². The van der Waals surface area contributed by atoms with E-state index in [9.17, 15) is 4.79 Å². The summed E-state index contributed by atoms with van der Waals surface area (Å²) in [6.07, 6.45) is 4.94. The van der Waals surface area contributed by atoms with Crippen molar-refractivity contribution in [3.05, 3.63) is 91.0 Å². The van der Waals surface area contributed by atoms with Crippen LogP contribution in [-0.2, 0) is 0 Å². The van der Waals surface area contributed by atoms with Crippen molar-refractivity contribution >= 4 is 28.8 Å².